The molecule has 1 heterocycles. The Bertz CT molecular complexity index is 590. The lowest BCUT2D eigenvalue weighted by Gasteiger charge is -1.96. The normalized spacial score (nSPS) is 10.1. The zero-order valence-electron chi connectivity index (χ0n) is 9.67. The minimum absolute atomic E-state index is 0.151. The summed E-state index contributed by atoms with van der Waals surface area (Å²) in [6, 6.07) is 10.3. The Morgan fingerprint density at radius 1 is 1.22 bits per heavy atom. The van der Waals surface area contributed by atoms with E-state index in [1.807, 2.05) is 6.07 Å². The minimum atomic E-state index is -0.532. The van der Waals surface area contributed by atoms with Crippen molar-refractivity contribution in [1.82, 2.24) is 0 Å². The Morgan fingerprint density at radius 2 is 1.89 bits per heavy atom. The molecule has 1 aromatic carbocycles. The van der Waals surface area contributed by atoms with Crippen molar-refractivity contribution in [3.63, 3.8) is 0 Å². The van der Waals surface area contributed by atoms with E-state index in [4.69, 9.17) is 5.73 Å². The van der Waals surface area contributed by atoms with Crippen molar-refractivity contribution in [2.45, 2.75) is 0 Å². The standard InChI is InChI=1S/C13H11NO3S/c1-17-13(16)9-7-10(18-12(9)14)11(15)8-5-3-2-4-6-8/h2-7H,14H2,1H3. The maximum Gasteiger partial charge on any atom is 0.340 e. The number of hydrogen-bond donors (Lipinski definition) is 1. The molecule has 4 nitrogen and oxygen atoms in total. The van der Waals surface area contributed by atoms with Crippen LogP contribution in [0.3, 0.4) is 0 Å². The highest BCUT2D eigenvalue weighted by atomic mass is 32.1. The summed E-state index contributed by atoms with van der Waals surface area (Å²) in [6.07, 6.45) is 0. The quantitative estimate of drug-likeness (QED) is 0.680. The van der Waals surface area contributed by atoms with Crippen molar-refractivity contribution in [2.24, 2.45) is 0 Å². The number of methoxy groups -OCH3 is 1. The number of esters is 1. The molecule has 0 atom stereocenters. The van der Waals surface area contributed by atoms with Gasteiger partial charge in [-0.1, -0.05) is 30.3 Å². The third kappa shape index (κ3) is 2.26. The number of carbonyl (C=O) groups excluding carboxylic acids is 2. The topological polar surface area (TPSA) is 69.4 Å². The number of nitrogen functional groups attached to an aromatic ring is 1. The summed E-state index contributed by atoms with van der Waals surface area (Å²) in [5, 5.41) is 0.293. The van der Waals surface area contributed by atoms with Crippen LogP contribution in [-0.4, -0.2) is 18.9 Å². The monoisotopic (exact) mass is 261 g/mol. The molecule has 0 unspecified atom stereocenters. The van der Waals surface area contributed by atoms with Crippen molar-refractivity contribution in [3.05, 3.63) is 52.4 Å². The van der Waals surface area contributed by atoms with Gasteiger partial charge in [-0.25, -0.2) is 4.79 Å². The van der Waals surface area contributed by atoms with Gasteiger partial charge in [0.1, 0.15) is 5.00 Å². The third-order valence-corrected chi connectivity index (χ3v) is 3.39. The molecule has 0 saturated carbocycles. The molecule has 2 aromatic rings. The summed E-state index contributed by atoms with van der Waals surface area (Å²) in [5.74, 6) is -0.682. The zero-order valence-corrected chi connectivity index (χ0v) is 10.5. The second kappa shape index (κ2) is 5.01. The predicted octanol–water partition coefficient (Wildman–Crippen LogP) is 2.35. The van der Waals surface area contributed by atoms with Crippen LogP contribution in [-0.2, 0) is 4.74 Å². The number of ketones is 1. The fraction of sp³-hybridized carbons (Fsp3) is 0.0769. The highest BCUT2D eigenvalue weighted by Crippen LogP contribution is 2.27. The molecule has 0 aliphatic rings. The number of thiophene rings is 1. The van der Waals surface area contributed by atoms with Gasteiger partial charge in [0.05, 0.1) is 17.6 Å². The average molecular weight is 261 g/mol. The molecule has 0 radical (unpaired) electrons. The van der Waals surface area contributed by atoms with Gasteiger partial charge < -0.3 is 10.5 Å². The lowest BCUT2D eigenvalue weighted by molar-refractivity contribution is 0.0602. The van der Waals surface area contributed by atoms with E-state index in [1.165, 1.54) is 13.2 Å². The van der Waals surface area contributed by atoms with E-state index in [-0.39, 0.29) is 11.3 Å². The summed E-state index contributed by atoms with van der Waals surface area (Å²) in [5.41, 5.74) is 6.50. The number of ether oxygens (including phenoxy) is 1. The smallest absolute Gasteiger partial charge is 0.340 e. The van der Waals surface area contributed by atoms with E-state index >= 15 is 0 Å². The van der Waals surface area contributed by atoms with E-state index in [9.17, 15) is 9.59 Å². The van der Waals surface area contributed by atoms with Gasteiger partial charge in [0, 0.05) is 5.56 Å². The van der Waals surface area contributed by atoms with Crippen LogP contribution in [0.25, 0.3) is 0 Å². The van der Waals surface area contributed by atoms with Crippen molar-refractivity contribution < 1.29 is 14.3 Å². The van der Waals surface area contributed by atoms with Crippen molar-refractivity contribution in [2.75, 3.05) is 12.8 Å². The lowest BCUT2D eigenvalue weighted by Crippen LogP contribution is -2.02. The number of nitrogens with two attached hydrogens (primary N) is 1. The first-order valence-corrected chi connectivity index (χ1v) is 6.02. The summed E-state index contributed by atoms with van der Waals surface area (Å²) < 4.78 is 4.59. The minimum Gasteiger partial charge on any atom is -0.465 e. The molecule has 0 fully saturated rings. The van der Waals surface area contributed by atoms with Crippen molar-refractivity contribution >= 4 is 28.1 Å². The van der Waals surface area contributed by atoms with Crippen LogP contribution >= 0.6 is 11.3 Å². The summed E-state index contributed by atoms with van der Waals surface area (Å²) in [4.78, 5) is 24.0. The molecule has 0 aliphatic heterocycles. The van der Waals surface area contributed by atoms with Crippen LogP contribution in [0.15, 0.2) is 36.4 Å². The maximum absolute atomic E-state index is 12.1. The molecule has 0 aliphatic carbocycles. The number of anilines is 1. The Morgan fingerprint density at radius 3 is 2.50 bits per heavy atom. The van der Waals surface area contributed by atoms with Gasteiger partial charge in [0.15, 0.2) is 0 Å². The van der Waals surface area contributed by atoms with Gasteiger partial charge in [0.25, 0.3) is 0 Å². The van der Waals surface area contributed by atoms with Crippen LogP contribution in [0.4, 0.5) is 5.00 Å². The molecule has 92 valence electrons. The highest BCUT2D eigenvalue weighted by Gasteiger charge is 2.19. The number of carbonyl (C=O) groups is 2. The van der Waals surface area contributed by atoms with E-state index in [0.717, 1.165) is 11.3 Å². The van der Waals surface area contributed by atoms with E-state index < -0.39 is 5.97 Å². The molecule has 2 rings (SSSR count). The molecule has 0 amide bonds. The molecular weight excluding hydrogens is 250 g/mol. The Hall–Kier alpha value is -2.14. The van der Waals surface area contributed by atoms with Crippen LogP contribution in [0, 0.1) is 0 Å². The lowest BCUT2D eigenvalue weighted by atomic mass is 10.1. The van der Waals surface area contributed by atoms with Crippen LogP contribution in [0.1, 0.15) is 25.6 Å². The Labute approximate surface area is 108 Å². The zero-order chi connectivity index (χ0) is 13.1. The van der Waals surface area contributed by atoms with Gasteiger partial charge in [-0.3, -0.25) is 4.79 Å². The van der Waals surface area contributed by atoms with E-state index in [1.54, 1.807) is 24.3 Å². The molecule has 5 heteroatoms. The van der Waals surface area contributed by atoms with Crippen LogP contribution in [0.2, 0.25) is 0 Å². The third-order valence-electron chi connectivity index (χ3n) is 2.43. The fourth-order valence-corrected chi connectivity index (χ4v) is 2.39. The first kappa shape index (κ1) is 12.3. The van der Waals surface area contributed by atoms with Crippen molar-refractivity contribution in [3.8, 4) is 0 Å². The molecule has 0 saturated heterocycles. The largest absolute Gasteiger partial charge is 0.465 e. The van der Waals surface area contributed by atoms with Gasteiger partial charge >= 0.3 is 5.97 Å². The molecule has 18 heavy (non-hydrogen) atoms. The Balaban J connectivity index is 2.36. The van der Waals surface area contributed by atoms with E-state index in [2.05, 4.69) is 4.74 Å². The second-order valence-electron chi connectivity index (χ2n) is 3.58. The summed E-state index contributed by atoms with van der Waals surface area (Å²) in [6.45, 7) is 0. The van der Waals surface area contributed by atoms with Crippen molar-refractivity contribution in [1.29, 1.82) is 0 Å². The first-order chi connectivity index (χ1) is 8.63. The van der Waals surface area contributed by atoms with Gasteiger partial charge in [0.2, 0.25) is 5.78 Å². The molecule has 1 aromatic heterocycles. The number of hydrogen-bond acceptors (Lipinski definition) is 5. The summed E-state index contributed by atoms with van der Waals surface area (Å²) >= 11 is 1.09. The molecular formula is C13H11NO3S. The summed E-state index contributed by atoms with van der Waals surface area (Å²) in [7, 11) is 1.28. The molecule has 0 spiro atoms. The SMILES string of the molecule is COC(=O)c1cc(C(=O)c2ccccc2)sc1N. The number of rotatable bonds is 3. The van der Waals surface area contributed by atoms with Crippen LogP contribution in [0.5, 0.6) is 0 Å². The fourth-order valence-electron chi connectivity index (χ4n) is 1.52. The van der Waals surface area contributed by atoms with Gasteiger partial charge in [-0.05, 0) is 6.07 Å². The highest BCUT2D eigenvalue weighted by molar-refractivity contribution is 7.18. The van der Waals surface area contributed by atoms with Gasteiger partial charge in [-0.2, -0.15) is 0 Å². The number of benzene rings is 1. The van der Waals surface area contributed by atoms with Crippen LogP contribution < -0.4 is 5.73 Å². The maximum atomic E-state index is 12.1. The van der Waals surface area contributed by atoms with E-state index in [0.29, 0.717) is 15.4 Å². The first-order valence-electron chi connectivity index (χ1n) is 5.21. The van der Waals surface area contributed by atoms with Gasteiger partial charge in [-0.15, -0.1) is 11.3 Å². The average Bonchev–Trinajstić information content (AvgIpc) is 2.80. The second-order valence-corrected chi connectivity index (χ2v) is 4.66. The predicted molar refractivity (Wildman–Crippen MR) is 69.9 cm³/mol. The molecule has 2 N–H and O–H groups in total. The molecule has 0 bridgehead atoms. The Kier molecular flexibility index (Phi) is 3.43.